The van der Waals surface area contributed by atoms with E-state index in [1.54, 1.807) is 12.3 Å². The second kappa shape index (κ2) is 6.22. The Labute approximate surface area is 108 Å². The molecule has 1 aliphatic heterocycles. The van der Waals surface area contributed by atoms with E-state index in [1.807, 2.05) is 6.92 Å². The Hall–Kier alpha value is -0.800. The largest absolute Gasteiger partial charge is 0.492 e. The van der Waals surface area contributed by atoms with Gasteiger partial charge in [-0.3, -0.25) is 4.90 Å². The topological polar surface area (TPSA) is 25.4 Å². The summed E-state index contributed by atoms with van der Waals surface area (Å²) < 4.78 is 5.75. The van der Waals surface area contributed by atoms with Crippen molar-refractivity contribution in [1.29, 1.82) is 0 Å². The lowest BCUT2D eigenvalue weighted by Crippen LogP contribution is -2.33. The van der Waals surface area contributed by atoms with Gasteiger partial charge >= 0.3 is 0 Å². The maximum atomic E-state index is 5.84. The van der Waals surface area contributed by atoms with Gasteiger partial charge < -0.3 is 4.74 Å². The quantitative estimate of drug-likeness (QED) is 0.773. The summed E-state index contributed by atoms with van der Waals surface area (Å²) in [6, 6.07) is 1.78. The predicted molar refractivity (Wildman–Crippen MR) is 69.8 cm³/mol. The maximum Gasteiger partial charge on any atom is 0.132 e. The standard InChI is InChI=1S/C13H19ClN2O/c1-11-10-15-13(14)9-12(11)17-8-7-16-5-3-2-4-6-16/h9-10H,2-8H2,1H3. The van der Waals surface area contributed by atoms with Crippen LogP contribution >= 0.6 is 11.6 Å². The van der Waals surface area contributed by atoms with Gasteiger partial charge in [-0.1, -0.05) is 18.0 Å². The maximum absolute atomic E-state index is 5.84. The normalized spacial score (nSPS) is 17.1. The molecular formula is C13H19ClN2O. The number of nitrogens with zero attached hydrogens (tertiary/aromatic N) is 2. The van der Waals surface area contributed by atoms with Crippen molar-refractivity contribution in [1.82, 2.24) is 9.88 Å². The van der Waals surface area contributed by atoms with E-state index < -0.39 is 0 Å². The van der Waals surface area contributed by atoms with Crippen LogP contribution in [0.25, 0.3) is 0 Å². The molecule has 0 bridgehead atoms. The zero-order valence-electron chi connectivity index (χ0n) is 10.3. The smallest absolute Gasteiger partial charge is 0.132 e. The minimum absolute atomic E-state index is 0.489. The Kier molecular flexibility index (Phi) is 4.63. The number of pyridine rings is 1. The number of rotatable bonds is 4. The highest BCUT2D eigenvalue weighted by atomic mass is 35.5. The van der Waals surface area contributed by atoms with Gasteiger partial charge in [-0.15, -0.1) is 0 Å². The molecule has 1 aromatic rings. The SMILES string of the molecule is Cc1cnc(Cl)cc1OCCN1CCCCC1. The molecule has 3 nitrogen and oxygen atoms in total. The third-order valence-corrected chi connectivity index (χ3v) is 3.34. The van der Waals surface area contributed by atoms with E-state index in [0.29, 0.717) is 5.15 Å². The third kappa shape index (κ3) is 3.86. The fourth-order valence-electron chi connectivity index (χ4n) is 2.10. The Morgan fingerprint density at radius 3 is 2.88 bits per heavy atom. The number of hydrogen-bond acceptors (Lipinski definition) is 3. The molecule has 1 aliphatic rings. The molecule has 0 radical (unpaired) electrons. The van der Waals surface area contributed by atoms with Gasteiger partial charge in [0.25, 0.3) is 0 Å². The van der Waals surface area contributed by atoms with Gasteiger partial charge in [-0.05, 0) is 32.9 Å². The summed E-state index contributed by atoms with van der Waals surface area (Å²) in [6.07, 6.45) is 5.76. The first-order valence-electron chi connectivity index (χ1n) is 6.23. The van der Waals surface area contributed by atoms with Crippen LogP contribution in [0.1, 0.15) is 24.8 Å². The number of aromatic nitrogens is 1. The molecule has 0 spiro atoms. The number of ether oxygens (including phenoxy) is 1. The first-order chi connectivity index (χ1) is 8.25. The van der Waals surface area contributed by atoms with Crippen LogP contribution < -0.4 is 4.74 Å². The lowest BCUT2D eigenvalue weighted by molar-refractivity contribution is 0.183. The van der Waals surface area contributed by atoms with Crippen molar-refractivity contribution in [2.24, 2.45) is 0 Å². The van der Waals surface area contributed by atoms with Crippen LogP contribution in [0.3, 0.4) is 0 Å². The molecule has 0 aliphatic carbocycles. The number of likely N-dealkylation sites (tertiary alicyclic amines) is 1. The van der Waals surface area contributed by atoms with E-state index >= 15 is 0 Å². The average molecular weight is 255 g/mol. The molecule has 94 valence electrons. The fraction of sp³-hybridized carbons (Fsp3) is 0.615. The Morgan fingerprint density at radius 2 is 2.12 bits per heavy atom. The van der Waals surface area contributed by atoms with Gasteiger partial charge in [-0.25, -0.2) is 4.98 Å². The molecule has 0 atom stereocenters. The molecular weight excluding hydrogens is 236 g/mol. The number of aryl methyl sites for hydroxylation is 1. The summed E-state index contributed by atoms with van der Waals surface area (Å²) in [5.41, 5.74) is 1.04. The molecule has 0 saturated carbocycles. The van der Waals surface area contributed by atoms with Crippen molar-refractivity contribution in [2.45, 2.75) is 26.2 Å². The minimum Gasteiger partial charge on any atom is -0.492 e. The van der Waals surface area contributed by atoms with E-state index in [2.05, 4.69) is 9.88 Å². The fourth-order valence-corrected chi connectivity index (χ4v) is 2.25. The molecule has 17 heavy (non-hydrogen) atoms. The molecule has 0 unspecified atom stereocenters. The summed E-state index contributed by atoms with van der Waals surface area (Å²) in [4.78, 5) is 6.47. The molecule has 4 heteroatoms. The van der Waals surface area contributed by atoms with Crippen LogP contribution in [0.2, 0.25) is 5.15 Å². The monoisotopic (exact) mass is 254 g/mol. The average Bonchev–Trinajstić information content (AvgIpc) is 2.35. The molecule has 2 heterocycles. The summed E-state index contributed by atoms with van der Waals surface area (Å²) in [5.74, 6) is 0.849. The highest BCUT2D eigenvalue weighted by Crippen LogP contribution is 2.20. The van der Waals surface area contributed by atoms with E-state index in [0.717, 1.165) is 24.5 Å². The van der Waals surface area contributed by atoms with E-state index in [4.69, 9.17) is 16.3 Å². The molecule has 0 aromatic carbocycles. The molecule has 0 N–H and O–H groups in total. The van der Waals surface area contributed by atoms with Gasteiger partial charge in [0.05, 0.1) is 0 Å². The number of hydrogen-bond donors (Lipinski definition) is 0. The van der Waals surface area contributed by atoms with Crippen LogP contribution in [0.5, 0.6) is 5.75 Å². The van der Waals surface area contributed by atoms with Crippen molar-refractivity contribution in [2.75, 3.05) is 26.2 Å². The van der Waals surface area contributed by atoms with E-state index in [1.165, 1.54) is 32.4 Å². The lowest BCUT2D eigenvalue weighted by atomic mass is 10.1. The molecule has 1 fully saturated rings. The summed E-state index contributed by atoms with van der Waals surface area (Å²) >= 11 is 5.84. The second-order valence-corrected chi connectivity index (χ2v) is 4.91. The van der Waals surface area contributed by atoms with Crippen LogP contribution in [0, 0.1) is 6.92 Å². The Bertz CT molecular complexity index is 364. The van der Waals surface area contributed by atoms with Crippen LogP contribution in [0.15, 0.2) is 12.3 Å². The van der Waals surface area contributed by atoms with Crippen LogP contribution in [0.4, 0.5) is 0 Å². The predicted octanol–water partition coefficient (Wildman–Crippen LogP) is 2.91. The van der Waals surface area contributed by atoms with Gasteiger partial charge in [0.1, 0.15) is 17.5 Å². The van der Waals surface area contributed by atoms with E-state index in [9.17, 15) is 0 Å². The van der Waals surface area contributed by atoms with Gasteiger partial charge in [-0.2, -0.15) is 0 Å². The highest BCUT2D eigenvalue weighted by molar-refractivity contribution is 6.29. The number of halogens is 1. The van der Waals surface area contributed by atoms with Crippen molar-refractivity contribution in [3.05, 3.63) is 23.0 Å². The first-order valence-corrected chi connectivity index (χ1v) is 6.61. The second-order valence-electron chi connectivity index (χ2n) is 4.52. The molecule has 1 saturated heterocycles. The molecule has 1 aromatic heterocycles. The van der Waals surface area contributed by atoms with Gasteiger partial charge in [0, 0.05) is 24.4 Å². The summed E-state index contributed by atoms with van der Waals surface area (Å²) in [6.45, 7) is 6.12. The highest BCUT2D eigenvalue weighted by Gasteiger charge is 2.10. The van der Waals surface area contributed by atoms with Gasteiger partial charge in [0.2, 0.25) is 0 Å². The minimum atomic E-state index is 0.489. The first kappa shape index (κ1) is 12.7. The molecule has 2 rings (SSSR count). The third-order valence-electron chi connectivity index (χ3n) is 3.13. The van der Waals surface area contributed by atoms with Gasteiger partial charge in [0.15, 0.2) is 0 Å². The zero-order valence-corrected chi connectivity index (χ0v) is 11.0. The van der Waals surface area contributed by atoms with Crippen molar-refractivity contribution < 1.29 is 4.74 Å². The summed E-state index contributed by atoms with van der Waals surface area (Å²) in [7, 11) is 0. The lowest BCUT2D eigenvalue weighted by Gasteiger charge is -2.26. The Balaban J connectivity index is 1.79. The van der Waals surface area contributed by atoms with Crippen molar-refractivity contribution in [3.63, 3.8) is 0 Å². The Morgan fingerprint density at radius 1 is 1.35 bits per heavy atom. The summed E-state index contributed by atoms with van der Waals surface area (Å²) in [5, 5.41) is 0.489. The molecule has 0 amide bonds. The van der Waals surface area contributed by atoms with Crippen LogP contribution in [-0.4, -0.2) is 36.1 Å². The van der Waals surface area contributed by atoms with Crippen molar-refractivity contribution >= 4 is 11.6 Å². The number of piperidine rings is 1. The van der Waals surface area contributed by atoms with Crippen molar-refractivity contribution in [3.8, 4) is 5.75 Å². The van der Waals surface area contributed by atoms with E-state index in [-0.39, 0.29) is 0 Å². The van der Waals surface area contributed by atoms with Crippen LogP contribution in [-0.2, 0) is 0 Å². The zero-order chi connectivity index (χ0) is 12.1.